The standard InChI is InChI=1S/C24H35N3O2/c1-17(2)27-12-10-20(11-13-27)29-21-8-9-22-19(14-21)15-23(26-22)24(28)25-16-18-6-4-3-5-7-18/h8-9,14-15,17-18,20,26H,3-7,10-13,16H2,1-2H3,(H,25,28). The largest absolute Gasteiger partial charge is 0.490 e. The SMILES string of the molecule is CC(C)N1CCC(Oc2ccc3[nH]c(C(=O)NCC4CCCCC4)cc3c2)CC1. The number of nitrogens with zero attached hydrogens (tertiary/aromatic N) is 1. The summed E-state index contributed by atoms with van der Waals surface area (Å²) in [7, 11) is 0. The van der Waals surface area contributed by atoms with Gasteiger partial charge in [0, 0.05) is 36.6 Å². The van der Waals surface area contributed by atoms with Crippen LogP contribution >= 0.6 is 0 Å². The van der Waals surface area contributed by atoms with E-state index in [9.17, 15) is 4.79 Å². The summed E-state index contributed by atoms with van der Waals surface area (Å²) in [6.07, 6.45) is 8.83. The van der Waals surface area contributed by atoms with Gasteiger partial charge in [-0.3, -0.25) is 4.79 Å². The first-order valence-corrected chi connectivity index (χ1v) is 11.4. The molecule has 2 heterocycles. The van der Waals surface area contributed by atoms with Crippen LogP contribution in [0.3, 0.4) is 0 Å². The zero-order valence-electron chi connectivity index (χ0n) is 17.9. The van der Waals surface area contributed by atoms with Crippen molar-refractivity contribution >= 4 is 16.8 Å². The van der Waals surface area contributed by atoms with Crippen molar-refractivity contribution in [3.63, 3.8) is 0 Å². The van der Waals surface area contributed by atoms with Crippen LogP contribution in [-0.2, 0) is 0 Å². The lowest BCUT2D eigenvalue weighted by molar-refractivity contribution is 0.0844. The smallest absolute Gasteiger partial charge is 0.267 e. The van der Waals surface area contributed by atoms with E-state index < -0.39 is 0 Å². The molecule has 1 amide bonds. The monoisotopic (exact) mass is 397 g/mol. The number of aromatic nitrogens is 1. The van der Waals surface area contributed by atoms with E-state index in [4.69, 9.17) is 4.74 Å². The number of carbonyl (C=O) groups is 1. The van der Waals surface area contributed by atoms with Crippen LogP contribution in [0.15, 0.2) is 24.3 Å². The second kappa shape index (κ2) is 9.21. The molecule has 1 saturated heterocycles. The Bertz CT molecular complexity index is 815. The summed E-state index contributed by atoms with van der Waals surface area (Å²) in [6.45, 7) is 7.49. The summed E-state index contributed by atoms with van der Waals surface area (Å²) in [5.74, 6) is 1.53. The van der Waals surface area contributed by atoms with Crippen LogP contribution < -0.4 is 10.1 Å². The molecule has 158 valence electrons. The minimum Gasteiger partial charge on any atom is -0.490 e. The molecule has 4 rings (SSSR count). The third-order valence-corrected chi connectivity index (χ3v) is 6.62. The molecule has 2 fully saturated rings. The molecule has 0 atom stereocenters. The van der Waals surface area contributed by atoms with Gasteiger partial charge in [-0.15, -0.1) is 0 Å². The Balaban J connectivity index is 1.34. The van der Waals surface area contributed by atoms with Gasteiger partial charge in [-0.05, 0) is 69.7 Å². The number of aromatic amines is 1. The molecule has 1 aliphatic heterocycles. The molecule has 1 aliphatic carbocycles. The van der Waals surface area contributed by atoms with E-state index in [1.54, 1.807) is 0 Å². The average Bonchev–Trinajstić information content (AvgIpc) is 3.17. The lowest BCUT2D eigenvalue weighted by Gasteiger charge is -2.34. The molecular formula is C24H35N3O2. The van der Waals surface area contributed by atoms with Crippen molar-refractivity contribution in [2.24, 2.45) is 5.92 Å². The molecule has 2 N–H and O–H groups in total. The maximum Gasteiger partial charge on any atom is 0.267 e. The molecule has 5 nitrogen and oxygen atoms in total. The van der Waals surface area contributed by atoms with Crippen molar-refractivity contribution in [2.45, 2.75) is 70.9 Å². The first-order valence-electron chi connectivity index (χ1n) is 11.4. The number of benzene rings is 1. The maximum absolute atomic E-state index is 12.6. The third-order valence-electron chi connectivity index (χ3n) is 6.62. The molecule has 29 heavy (non-hydrogen) atoms. The number of carbonyl (C=O) groups excluding carboxylic acids is 1. The Kier molecular flexibility index (Phi) is 6.43. The molecule has 1 saturated carbocycles. The Morgan fingerprint density at radius 2 is 1.90 bits per heavy atom. The lowest BCUT2D eigenvalue weighted by atomic mass is 9.89. The van der Waals surface area contributed by atoms with E-state index in [0.29, 0.717) is 17.7 Å². The van der Waals surface area contributed by atoms with Crippen LogP contribution in [0, 0.1) is 5.92 Å². The fourth-order valence-corrected chi connectivity index (χ4v) is 4.73. The molecule has 0 bridgehead atoms. The Morgan fingerprint density at radius 3 is 2.62 bits per heavy atom. The molecule has 1 aromatic carbocycles. The number of hydrogen-bond acceptors (Lipinski definition) is 3. The second-order valence-corrected chi connectivity index (χ2v) is 9.09. The summed E-state index contributed by atoms with van der Waals surface area (Å²) in [5, 5.41) is 4.15. The van der Waals surface area contributed by atoms with Crippen molar-refractivity contribution in [1.82, 2.24) is 15.2 Å². The number of piperidine rings is 1. The average molecular weight is 398 g/mol. The van der Waals surface area contributed by atoms with Crippen LogP contribution in [0.1, 0.15) is 69.3 Å². The zero-order valence-corrected chi connectivity index (χ0v) is 17.9. The van der Waals surface area contributed by atoms with Gasteiger partial charge in [-0.2, -0.15) is 0 Å². The number of rotatable bonds is 6. The highest BCUT2D eigenvalue weighted by molar-refractivity contribution is 5.98. The fourth-order valence-electron chi connectivity index (χ4n) is 4.73. The highest BCUT2D eigenvalue weighted by atomic mass is 16.5. The highest BCUT2D eigenvalue weighted by Gasteiger charge is 2.22. The predicted octanol–water partition coefficient (Wildman–Crippen LogP) is 4.73. The molecule has 0 spiro atoms. The molecule has 0 radical (unpaired) electrons. The Labute approximate surface area is 174 Å². The first-order chi connectivity index (χ1) is 14.1. The fraction of sp³-hybridized carbons (Fsp3) is 0.625. The van der Waals surface area contributed by atoms with E-state index in [-0.39, 0.29) is 12.0 Å². The minimum atomic E-state index is -0.00435. The van der Waals surface area contributed by atoms with Gasteiger partial charge in [0.15, 0.2) is 0 Å². The van der Waals surface area contributed by atoms with Crippen molar-refractivity contribution in [2.75, 3.05) is 19.6 Å². The molecule has 1 aromatic heterocycles. The van der Waals surface area contributed by atoms with E-state index in [2.05, 4.69) is 35.1 Å². The third kappa shape index (κ3) is 5.13. The Morgan fingerprint density at radius 1 is 1.14 bits per heavy atom. The van der Waals surface area contributed by atoms with Crippen molar-refractivity contribution in [1.29, 1.82) is 0 Å². The molecular weight excluding hydrogens is 362 g/mol. The van der Waals surface area contributed by atoms with Crippen molar-refractivity contribution in [3.05, 3.63) is 30.0 Å². The first kappa shape index (κ1) is 20.3. The molecule has 2 aromatic rings. The van der Waals surface area contributed by atoms with E-state index in [1.165, 1.54) is 32.1 Å². The van der Waals surface area contributed by atoms with Crippen molar-refractivity contribution < 1.29 is 9.53 Å². The van der Waals surface area contributed by atoms with Crippen LogP contribution in [0.25, 0.3) is 10.9 Å². The van der Waals surface area contributed by atoms with Gasteiger partial charge in [0.2, 0.25) is 0 Å². The maximum atomic E-state index is 12.6. The van der Waals surface area contributed by atoms with Gasteiger partial charge in [0.05, 0.1) is 0 Å². The summed E-state index contributed by atoms with van der Waals surface area (Å²) < 4.78 is 6.25. The number of hydrogen-bond donors (Lipinski definition) is 2. The summed E-state index contributed by atoms with van der Waals surface area (Å²) in [6, 6.07) is 8.64. The van der Waals surface area contributed by atoms with Crippen LogP contribution in [-0.4, -0.2) is 47.6 Å². The van der Waals surface area contributed by atoms with Crippen LogP contribution in [0.4, 0.5) is 0 Å². The van der Waals surface area contributed by atoms with Crippen molar-refractivity contribution in [3.8, 4) is 5.75 Å². The second-order valence-electron chi connectivity index (χ2n) is 9.09. The molecule has 2 aliphatic rings. The summed E-state index contributed by atoms with van der Waals surface area (Å²) in [5.41, 5.74) is 1.62. The summed E-state index contributed by atoms with van der Waals surface area (Å²) >= 11 is 0. The summed E-state index contributed by atoms with van der Waals surface area (Å²) in [4.78, 5) is 18.3. The van der Waals surface area contributed by atoms with E-state index in [0.717, 1.165) is 49.1 Å². The van der Waals surface area contributed by atoms with Gasteiger partial charge in [0.25, 0.3) is 5.91 Å². The van der Waals surface area contributed by atoms with Gasteiger partial charge in [-0.25, -0.2) is 0 Å². The van der Waals surface area contributed by atoms with Gasteiger partial charge >= 0.3 is 0 Å². The number of H-pyrrole nitrogens is 1. The van der Waals surface area contributed by atoms with E-state index >= 15 is 0 Å². The quantitative estimate of drug-likeness (QED) is 0.741. The lowest BCUT2D eigenvalue weighted by Crippen LogP contribution is -2.41. The zero-order chi connectivity index (χ0) is 20.2. The number of fused-ring (bicyclic) bond motifs is 1. The number of likely N-dealkylation sites (tertiary alicyclic amines) is 1. The Hall–Kier alpha value is -2.01. The predicted molar refractivity (Wildman–Crippen MR) is 118 cm³/mol. The number of amides is 1. The highest BCUT2D eigenvalue weighted by Crippen LogP contribution is 2.26. The molecule has 5 heteroatoms. The normalized spacial score (nSPS) is 19.7. The number of nitrogens with one attached hydrogen (secondary N) is 2. The van der Waals surface area contributed by atoms with Gasteiger partial charge in [0.1, 0.15) is 17.5 Å². The topological polar surface area (TPSA) is 57.4 Å². The van der Waals surface area contributed by atoms with Crippen LogP contribution in [0.2, 0.25) is 0 Å². The van der Waals surface area contributed by atoms with Gasteiger partial charge in [-0.1, -0.05) is 19.3 Å². The van der Waals surface area contributed by atoms with Gasteiger partial charge < -0.3 is 19.9 Å². The minimum absolute atomic E-state index is 0.00435. The molecule has 0 unspecified atom stereocenters. The van der Waals surface area contributed by atoms with Crippen LogP contribution in [0.5, 0.6) is 5.75 Å². The van der Waals surface area contributed by atoms with E-state index in [1.807, 2.05) is 18.2 Å². The number of ether oxygens (including phenoxy) is 1.